The van der Waals surface area contributed by atoms with Crippen LogP contribution < -0.4 is 0 Å². The molecular formula is C37H21N7S. The Hall–Kier alpha value is -5.99. The molecule has 0 aliphatic carbocycles. The molecule has 6 heterocycles. The van der Waals surface area contributed by atoms with Gasteiger partial charge in [-0.15, -0.1) is 11.3 Å². The largest absolute Gasteiger partial charge is 0.276 e. The fraction of sp³-hybridized carbons (Fsp3) is 0. The molecule has 5 aromatic carbocycles. The Morgan fingerprint density at radius 1 is 0.489 bits per heavy atom. The minimum atomic E-state index is 0.831. The molecule has 0 fully saturated rings. The Bertz CT molecular complexity index is 3000. The molecule has 45 heavy (non-hydrogen) atoms. The lowest BCUT2D eigenvalue weighted by molar-refractivity contribution is 1.04. The lowest BCUT2D eigenvalue weighted by Crippen LogP contribution is -2.03. The normalized spacial score (nSPS) is 12.4. The van der Waals surface area contributed by atoms with Gasteiger partial charge in [-0.25, -0.2) is 15.0 Å². The van der Waals surface area contributed by atoms with Gasteiger partial charge < -0.3 is 0 Å². The predicted octanol–water partition coefficient (Wildman–Crippen LogP) is 8.94. The van der Waals surface area contributed by atoms with E-state index in [2.05, 4.69) is 127 Å². The number of aromatic nitrogens is 7. The predicted molar refractivity (Wildman–Crippen MR) is 183 cm³/mol. The summed E-state index contributed by atoms with van der Waals surface area (Å²) in [5.41, 5.74) is 9.36. The molecule has 11 rings (SSSR count). The minimum absolute atomic E-state index is 0.831. The first kappa shape index (κ1) is 23.5. The van der Waals surface area contributed by atoms with Gasteiger partial charge in [-0.1, -0.05) is 60.7 Å². The zero-order chi connectivity index (χ0) is 29.2. The number of hydrogen-bond acceptors (Lipinski definition) is 4. The lowest BCUT2D eigenvalue weighted by atomic mass is 10.2. The smallest absolute Gasteiger partial charge is 0.222 e. The van der Waals surface area contributed by atoms with Crippen molar-refractivity contribution in [3.8, 4) is 11.5 Å². The van der Waals surface area contributed by atoms with E-state index < -0.39 is 0 Å². The van der Waals surface area contributed by atoms with Crippen molar-refractivity contribution in [1.29, 1.82) is 0 Å². The van der Waals surface area contributed by atoms with Crippen LogP contribution in [0.4, 0.5) is 0 Å². The molecule has 6 aromatic heterocycles. The van der Waals surface area contributed by atoms with Crippen LogP contribution >= 0.6 is 11.3 Å². The summed E-state index contributed by atoms with van der Waals surface area (Å²) in [6.07, 6.45) is 1.93. The van der Waals surface area contributed by atoms with Crippen molar-refractivity contribution < 1.29 is 0 Å². The summed E-state index contributed by atoms with van der Waals surface area (Å²) in [5, 5.41) is 2.44. The van der Waals surface area contributed by atoms with E-state index in [0.717, 1.165) is 71.9 Å². The first-order valence-corrected chi connectivity index (χ1v) is 15.7. The zero-order valence-corrected chi connectivity index (χ0v) is 24.5. The SMILES string of the molecule is c1ccc2c(c1)nc1n(-c3cccc4c3n(-c3nccc5c3sc3ccccc35)c3nc5ccccc5n43)c3ccccc3n21. The number of thiophene rings is 1. The fourth-order valence-electron chi connectivity index (χ4n) is 7.20. The Labute approximate surface area is 258 Å². The number of nitrogens with zero attached hydrogens (tertiary/aromatic N) is 7. The second kappa shape index (κ2) is 8.34. The Balaban J connectivity index is 1.37. The van der Waals surface area contributed by atoms with Gasteiger partial charge in [0, 0.05) is 21.7 Å². The molecule has 0 unspecified atom stereocenters. The van der Waals surface area contributed by atoms with Crippen LogP contribution in [-0.4, -0.2) is 32.9 Å². The molecule has 0 saturated heterocycles. The fourth-order valence-corrected chi connectivity index (χ4v) is 8.37. The average molecular weight is 596 g/mol. The van der Waals surface area contributed by atoms with Crippen molar-refractivity contribution >= 4 is 87.2 Å². The highest BCUT2D eigenvalue weighted by molar-refractivity contribution is 7.26. The molecule has 8 heteroatoms. The first-order chi connectivity index (χ1) is 22.3. The number of fused-ring (bicyclic) bond motifs is 13. The minimum Gasteiger partial charge on any atom is -0.276 e. The van der Waals surface area contributed by atoms with Gasteiger partial charge in [0.25, 0.3) is 0 Å². The maximum Gasteiger partial charge on any atom is 0.222 e. The summed E-state index contributed by atoms with van der Waals surface area (Å²) in [5.74, 6) is 2.57. The van der Waals surface area contributed by atoms with Gasteiger partial charge in [-0.3, -0.25) is 17.9 Å². The maximum atomic E-state index is 5.23. The van der Waals surface area contributed by atoms with Gasteiger partial charge in [0.05, 0.1) is 54.5 Å². The van der Waals surface area contributed by atoms with Crippen LogP contribution in [0.25, 0.3) is 87.4 Å². The Morgan fingerprint density at radius 3 is 1.91 bits per heavy atom. The van der Waals surface area contributed by atoms with Crippen LogP contribution in [0.2, 0.25) is 0 Å². The monoisotopic (exact) mass is 595 g/mol. The van der Waals surface area contributed by atoms with E-state index >= 15 is 0 Å². The number of hydrogen-bond donors (Lipinski definition) is 0. The molecule has 0 radical (unpaired) electrons. The molecule has 210 valence electrons. The second-order valence-corrected chi connectivity index (χ2v) is 12.4. The molecule has 0 N–H and O–H groups in total. The average Bonchev–Trinajstić information content (AvgIpc) is 3.88. The van der Waals surface area contributed by atoms with Gasteiger partial charge in [0.2, 0.25) is 11.6 Å². The van der Waals surface area contributed by atoms with E-state index in [9.17, 15) is 0 Å². The third-order valence-corrected chi connectivity index (χ3v) is 10.2. The van der Waals surface area contributed by atoms with E-state index in [1.165, 1.54) is 15.5 Å². The molecule has 0 amide bonds. The topological polar surface area (TPSA) is 57.3 Å². The van der Waals surface area contributed by atoms with Gasteiger partial charge >= 0.3 is 0 Å². The summed E-state index contributed by atoms with van der Waals surface area (Å²) < 4.78 is 11.5. The van der Waals surface area contributed by atoms with E-state index in [1.54, 1.807) is 11.3 Å². The van der Waals surface area contributed by atoms with Gasteiger partial charge in [-0.05, 0) is 60.7 Å². The van der Waals surface area contributed by atoms with Crippen molar-refractivity contribution in [2.24, 2.45) is 0 Å². The molecule has 0 saturated carbocycles. The molecule has 11 aromatic rings. The van der Waals surface area contributed by atoms with Crippen LogP contribution in [0, 0.1) is 0 Å². The highest BCUT2D eigenvalue weighted by Crippen LogP contribution is 2.41. The van der Waals surface area contributed by atoms with E-state index in [-0.39, 0.29) is 0 Å². The summed E-state index contributed by atoms with van der Waals surface area (Å²) in [7, 11) is 0. The van der Waals surface area contributed by atoms with Crippen LogP contribution in [0.3, 0.4) is 0 Å². The third kappa shape index (κ3) is 2.92. The van der Waals surface area contributed by atoms with E-state index in [0.29, 0.717) is 0 Å². The lowest BCUT2D eigenvalue weighted by Gasteiger charge is -2.11. The highest BCUT2D eigenvalue weighted by Gasteiger charge is 2.25. The summed E-state index contributed by atoms with van der Waals surface area (Å²) in [6, 6.07) is 42.5. The summed E-state index contributed by atoms with van der Waals surface area (Å²) >= 11 is 1.78. The standard InChI is InChI=1S/C37H21N7S/c1-8-19-32-22(10-1)23-20-21-38-35(34(23)45-32)44-33-30(42-27-14-5-3-12-25(27)40-37(42)44)17-9-18-31(33)43-29-16-7-6-15-28(29)41-26-13-4-2-11-24(26)39-36(41)43/h1-21H. The second-order valence-electron chi connectivity index (χ2n) is 11.4. The number of rotatable bonds is 2. The summed E-state index contributed by atoms with van der Waals surface area (Å²) in [4.78, 5) is 15.5. The number of imidazole rings is 4. The molecule has 0 aliphatic heterocycles. The zero-order valence-electron chi connectivity index (χ0n) is 23.7. The quantitative estimate of drug-likeness (QED) is 0.200. The van der Waals surface area contributed by atoms with Gasteiger partial charge in [0.15, 0.2) is 5.82 Å². The van der Waals surface area contributed by atoms with E-state index in [4.69, 9.17) is 15.0 Å². The molecule has 0 atom stereocenters. The molecular weight excluding hydrogens is 575 g/mol. The molecule has 0 spiro atoms. The maximum absolute atomic E-state index is 5.23. The van der Waals surface area contributed by atoms with Crippen molar-refractivity contribution in [3.05, 3.63) is 128 Å². The van der Waals surface area contributed by atoms with Gasteiger partial charge in [0.1, 0.15) is 0 Å². The van der Waals surface area contributed by atoms with Crippen molar-refractivity contribution in [3.63, 3.8) is 0 Å². The third-order valence-electron chi connectivity index (χ3n) is 9.04. The Morgan fingerprint density at radius 2 is 1.11 bits per heavy atom. The first-order valence-electron chi connectivity index (χ1n) is 14.9. The van der Waals surface area contributed by atoms with Crippen LogP contribution in [0.15, 0.2) is 128 Å². The molecule has 0 bridgehead atoms. The van der Waals surface area contributed by atoms with Crippen molar-refractivity contribution in [2.45, 2.75) is 0 Å². The highest BCUT2D eigenvalue weighted by atomic mass is 32.1. The van der Waals surface area contributed by atoms with E-state index in [1.807, 2.05) is 18.3 Å². The molecule has 0 aliphatic rings. The Kier molecular flexibility index (Phi) is 4.35. The number of para-hydroxylation sites is 7. The van der Waals surface area contributed by atoms with Crippen molar-refractivity contribution in [1.82, 2.24) is 32.9 Å². The van der Waals surface area contributed by atoms with Crippen LogP contribution in [0.5, 0.6) is 0 Å². The van der Waals surface area contributed by atoms with Crippen molar-refractivity contribution in [2.75, 3.05) is 0 Å². The van der Waals surface area contributed by atoms with Crippen LogP contribution in [-0.2, 0) is 0 Å². The molecule has 7 nitrogen and oxygen atoms in total. The summed E-state index contributed by atoms with van der Waals surface area (Å²) in [6.45, 7) is 0. The van der Waals surface area contributed by atoms with Gasteiger partial charge in [-0.2, -0.15) is 0 Å². The number of pyridine rings is 1. The number of benzene rings is 5. The van der Waals surface area contributed by atoms with Crippen LogP contribution in [0.1, 0.15) is 0 Å².